The Bertz CT molecular complexity index is 613. The topological polar surface area (TPSA) is 55.1 Å². The predicted molar refractivity (Wildman–Crippen MR) is 85.3 cm³/mol. The Balaban J connectivity index is 2.00. The van der Waals surface area contributed by atoms with Gasteiger partial charge in [-0.3, -0.25) is 4.79 Å². The van der Waals surface area contributed by atoms with Crippen molar-refractivity contribution in [3.05, 3.63) is 64.1 Å². The molecule has 0 saturated carbocycles. The number of nitrogens with two attached hydrogens (primary N) is 1. The SMILES string of the molecule is CC(NC(=O)Cc1cccc(N)c1)c1ccccc1Br. The average molecular weight is 333 g/mol. The average Bonchev–Trinajstić information content (AvgIpc) is 2.38. The van der Waals surface area contributed by atoms with Gasteiger partial charge in [0.2, 0.25) is 5.91 Å². The molecule has 2 aromatic rings. The van der Waals surface area contributed by atoms with Gasteiger partial charge in [0.25, 0.3) is 0 Å². The Kier molecular flexibility index (Phi) is 4.79. The first-order valence-corrected chi connectivity index (χ1v) is 7.24. The number of amides is 1. The molecule has 0 aliphatic carbocycles. The highest BCUT2D eigenvalue weighted by molar-refractivity contribution is 9.10. The molecule has 20 heavy (non-hydrogen) atoms. The summed E-state index contributed by atoms with van der Waals surface area (Å²) in [6.45, 7) is 1.97. The molecule has 0 aliphatic rings. The van der Waals surface area contributed by atoms with E-state index in [4.69, 9.17) is 5.73 Å². The van der Waals surface area contributed by atoms with Crippen LogP contribution in [-0.2, 0) is 11.2 Å². The van der Waals surface area contributed by atoms with Crippen molar-refractivity contribution in [1.29, 1.82) is 0 Å². The summed E-state index contributed by atoms with van der Waals surface area (Å²) < 4.78 is 0.997. The lowest BCUT2D eigenvalue weighted by Gasteiger charge is -2.16. The van der Waals surface area contributed by atoms with Gasteiger partial charge in [-0.25, -0.2) is 0 Å². The van der Waals surface area contributed by atoms with Crippen LogP contribution in [0.4, 0.5) is 5.69 Å². The molecule has 0 saturated heterocycles. The van der Waals surface area contributed by atoms with Gasteiger partial charge < -0.3 is 11.1 Å². The van der Waals surface area contributed by atoms with Crippen molar-refractivity contribution in [2.75, 3.05) is 5.73 Å². The van der Waals surface area contributed by atoms with Gasteiger partial charge in [-0.05, 0) is 36.2 Å². The van der Waals surface area contributed by atoms with E-state index in [0.717, 1.165) is 15.6 Å². The minimum atomic E-state index is -0.0425. The molecule has 2 rings (SSSR count). The number of benzene rings is 2. The van der Waals surface area contributed by atoms with Crippen LogP contribution in [0.5, 0.6) is 0 Å². The van der Waals surface area contributed by atoms with E-state index in [-0.39, 0.29) is 11.9 Å². The Hall–Kier alpha value is -1.81. The van der Waals surface area contributed by atoms with Crippen LogP contribution in [-0.4, -0.2) is 5.91 Å². The molecule has 1 amide bonds. The third kappa shape index (κ3) is 3.84. The molecule has 3 N–H and O–H groups in total. The first kappa shape index (κ1) is 14.6. The molecule has 0 aliphatic heterocycles. The monoisotopic (exact) mass is 332 g/mol. The van der Waals surface area contributed by atoms with Crippen molar-refractivity contribution >= 4 is 27.5 Å². The van der Waals surface area contributed by atoms with Crippen molar-refractivity contribution in [2.45, 2.75) is 19.4 Å². The second-order valence-electron chi connectivity index (χ2n) is 4.73. The van der Waals surface area contributed by atoms with Crippen LogP contribution in [0.3, 0.4) is 0 Å². The minimum Gasteiger partial charge on any atom is -0.399 e. The lowest BCUT2D eigenvalue weighted by molar-refractivity contribution is -0.121. The van der Waals surface area contributed by atoms with Crippen molar-refractivity contribution in [1.82, 2.24) is 5.32 Å². The van der Waals surface area contributed by atoms with E-state index in [1.54, 1.807) is 0 Å². The molecule has 1 unspecified atom stereocenters. The number of nitrogen functional groups attached to an aromatic ring is 1. The predicted octanol–water partition coefficient (Wildman–Crippen LogP) is 3.45. The third-order valence-corrected chi connectivity index (χ3v) is 3.79. The molecule has 104 valence electrons. The lowest BCUT2D eigenvalue weighted by Crippen LogP contribution is -2.28. The van der Waals surface area contributed by atoms with Crippen molar-refractivity contribution in [3.8, 4) is 0 Å². The number of rotatable bonds is 4. The van der Waals surface area contributed by atoms with Gasteiger partial charge in [0.1, 0.15) is 0 Å². The zero-order valence-electron chi connectivity index (χ0n) is 11.3. The van der Waals surface area contributed by atoms with Gasteiger partial charge in [-0.1, -0.05) is 46.3 Å². The summed E-state index contributed by atoms with van der Waals surface area (Å²) >= 11 is 3.50. The van der Waals surface area contributed by atoms with Gasteiger partial charge in [0.05, 0.1) is 12.5 Å². The van der Waals surface area contributed by atoms with Crippen LogP contribution in [0.2, 0.25) is 0 Å². The van der Waals surface area contributed by atoms with Crippen molar-refractivity contribution < 1.29 is 4.79 Å². The van der Waals surface area contributed by atoms with Gasteiger partial charge in [0, 0.05) is 10.2 Å². The summed E-state index contributed by atoms with van der Waals surface area (Å²) in [5.74, 6) is -0.0150. The number of anilines is 1. The van der Waals surface area contributed by atoms with E-state index in [1.165, 1.54) is 0 Å². The van der Waals surface area contributed by atoms with Crippen LogP contribution in [0.25, 0.3) is 0 Å². The maximum atomic E-state index is 12.1. The Morgan fingerprint density at radius 2 is 2.00 bits per heavy atom. The normalized spacial score (nSPS) is 11.9. The highest BCUT2D eigenvalue weighted by atomic mass is 79.9. The molecule has 0 fully saturated rings. The van der Waals surface area contributed by atoms with Crippen LogP contribution in [0.1, 0.15) is 24.1 Å². The van der Waals surface area contributed by atoms with Gasteiger partial charge in [-0.2, -0.15) is 0 Å². The van der Waals surface area contributed by atoms with E-state index < -0.39 is 0 Å². The molecular weight excluding hydrogens is 316 g/mol. The summed E-state index contributed by atoms with van der Waals surface area (Å²) in [4.78, 5) is 12.1. The second kappa shape index (κ2) is 6.57. The molecule has 1 atom stereocenters. The Labute approximate surface area is 127 Å². The standard InChI is InChI=1S/C16H17BrN2O/c1-11(14-7-2-3-8-15(14)17)19-16(20)10-12-5-4-6-13(18)9-12/h2-9,11H,10,18H2,1H3,(H,19,20). The van der Waals surface area contributed by atoms with Crippen LogP contribution < -0.4 is 11.1 Å². The molecule has 0 heterocycles. The maximum Gasteiger partial charge on any atom is 0.224 e. The first-order chi connectivity index (χ1) is 9.56. The second-order valence-corrected chi connectivity index (χ2v) is 5.59. The van der Waals surface area contributed by atoms with E-state index in [2.05, 4.69) is 21.2 Å². The summed E-state index contributed by atoms with van der Waals surface area (Å²) in [7, 11) is 0. The number of nitrogens with one attached hydrogen (secondary N) is 1. The van der Waals surface area contributed by atoms with Crippen molar-refractivity contribution in [3.63, 3.8) is 0 Å². The molecular formula is C16H17BrN2O. The molecule has 0 radical (unpaired) electrons. The number of halogens is 1. The maximum absolute atomic E-state index is 12.1. The molecule has 0 spiro atoms. The van der Waals surface area contributed by atoms with E-state index in [9.17, 15) is 4.79 Å². The summed E-state index contributed by atoms with van der Waals surface area (Å²) in [5, 5.41) is 3.00. The fraction of sp³-hybridized carbons (Fsp3) is 0.188. The summed E-state index contributed by atoms with van der Waals surface area (Å²) in [6, 6.07) is 15.2. The third-order valence-electron chi connectivity index (χ3n) is 3.06. The zero-order chi connectivity index (χ0) is 14.5. The smallest absolute Gasteiger partial charge is 0.224 e. The minimum absolute atomic E-state index is 0.0150. The highest BCUT2D eigenvalue weighted by Gasteiger charge is 2.12. The van der Waals surface area contributed by atoms with Gasteiger partial charge in [0.15, 0.2) is 0 Å². The van der Waals surface area contributed by atoms with Gasteiger partial charge >= 0.3 is 0 Å². The van der Waals surface area contributed by atoms with E-state index in [0.29, 0.717) is 12.1 Å². The summed E-state index contributed by atoms with van der Waals surface area (Å²) in [6.07, 6.45) is 0.333. The first-order valence-electron chi connectivity index (χ1n) is 6.44. The quantitative estimate of drug-likeness (QED) is 0.842. The highest BCUT2D eigenvalue weighted by Crippen LogP contribution is 2.22. The lowest BCUT2D eigenvalue weighted by atomic mass is 10.1. The number of carbonyl (C=O) groups excluding carboxylic acids is 1. The molecule has 2 aromatic carbocycles. The van der Waals surface area contributed by atoms with E-state index >= 15 is 0 Å². The fourth-order valence-corrected chi connectivity index (χ4v) is 2.71. The molecule has 0 aromatic heterocycles. The number of carbonyl (C=O) groups is 1. The van der Waals surface area contributed by atoms with Gasteiger partial charge in [-0.15, -0.1) is 0 Å². The van der Waals surface area contributed by atoms with E-state index in [1.807, 2.05) is 55.5 Å². The van der Waals surface area contributed by atoms with Crippen LogP contribution >= 0.6 is 15.9 Å². The summed E-state index contributed by atoms with van der Waals surface area (Å²) in [5.41, 5.74) is 8.37. The fourth-order valence-electron chi connectivity index (χ4n) is 2.09. The van der Waals surface area contributed by atoms with Crippen LogP contribution in [0, 0.1) is 0 Å². The zero-order valence-corrected chi connectivity index (χ0v) is 12.9. The molecule has 4 heteroatoms. The van der Waals surface area contributed by atoms with Crippen molar-refractivity contribution in [2.24, 2.45) is 0 Å². The number of hydrogen-bond acceptors (Lipinski definition) is 2. The van der Waals surface area contributed by atoms with Crippen LogP contribution in [0.15, 0.2) is 53.0 Å². The molecule has 0 bridgehead atoms. The molecule has 3 nitrogen and oxygen atoms in total. The Morgan fingerprint density at radius 1 is 1.25 bits per heavy atom. The Morgan fingerprint density at radius 3 is 2.70 bits per heavy atom. The number of hydrogen-bond donors (Lipinski definition) is 2. The largest absolute Gasteiger partial charge is 0.399 e.